The Morgan fingerprint density at radius 3 is 1.89 bits per heavy atom. The molecular weight excluding hydrogens is 252 g/mol. The molecule has 0 saturated heterocycles. The molecule has 102 valence electrons. The van der Waals surface area contributed by atoms with E-state index in [9.17, 15) is 0 Å². The summed E-state index contributed by atoms with van der Waals surface area (Å²) in [7, 11) is -2.94. The highest BCUT2D eigenvalue weighted by atomic mass is 28.4. The van der Waals surface area contributed by atoms with Crippen molar-refractivity contribution in [2.24, 2.45) is 0 Å². The van der Waals surface area contributed by atoms with Gasteiger partial charge in [-0.1, -0.05) is 46.3 Å². The molecule has 18 heavy (non-hydrogen) atoms. The van der Waals surface area contributed by atoms with Gasteiger partial charge in [0.15, 0.2) is 0 Å². The van der Waals surface area contributed by atoms with E-state index >= 15 is 0 Å². The van der Waals surface area contributed by atoms with Gasteiger partial charge in [-0.05, 0) is 24.6 Å². The molecule has 0 radical (unpaired) electrons. The minimum atomic E-state index is -1.67. The van der Waals surface area contributed by atoms with Crippen molar-refractivity contribution in [3.63, 3.8) is 0 Å². The molecule has 0 bridgehead atoms. The Morgan fingerprint density at radius 1 is 1.00 bits per heavy atom. The third-order valence-electron chi connectivity index (χ3n) is 3.71. The topological polar surface area (TPSA) is 9.23 Å². The van der Waals surface area contributed by atoms with Crippen LogP contribution < -0.4 is 0 Å². The zero-order chi connectivity index (χ0) is 14.2. The van der Waals surface area contributed by atoms with Crippen LogP contribution in [0.3, 0.4) is 0 Å². The molecule has 0 aromatic rings. The van der Waals surface area contributed by atoms with Gasteiger partial charge in [0, 0.05) is 12.0 Å². The largest absolute Gasteiger partial charge is 0.546 e. The molecule has 0 saturated carbocycles. The molecule has 3 heteroatoms. The molecule has 0 N–H and O–H groups in total. The summed E-state index contributed by atoms with van der Waals surface area (Å²) in [6, 6.07) is 0. The predicted octanol–water partition coefficient (Wildman–Crippen LogP) is 4.94. The lowest BCUT2D eigenvalue weighted by molar-refractivity contribution is 0.341. The smallest absolute Gasteiger partial charge is 0.250 e. The van der Waals surface area contributed by atoms with E-state index in [0.717, 1.165) is 12.8 Å². The maximum absolute atomic E-state index is 6.35. The Labute approximate surface area is 115 Å². The molecule has 1 rings (SSSR count). The number of hydrogen-bond acceptors (Lipinski definition) is 1. The van der Waals surface area contributed by atoms with Crippen LogP contribution in [0.25, 0.3) is 0 Å². The van der Waals surface area contributed by atoms with Gasteiger partial charge in [0.05, 0.1) is 5.76 Å². The quantitative estimate of drug-likeness (QED) is 0.514. The van der Waals surface area contributed by atoms with Crippen LogP contribution in [0.5, 0.6) is 0 Å². The van der Waals surface area contributed by atoms with Crippen molar-refractivity contribution in [2.75, 3.05) is 0 Å². The molecular formula is C15H28OSi2. The summed E-state index contributed by atoms with van der Waals surface area (Å²) in [5, 5.41) is 0.271. The van der Waals surface area contributed by atoms with Gasteiger partial charge in [0.1, 0.15) is 8.07 Å². The van der Waals surface area contributed by atoms with Gasteiger partial charge >= 0.3 is 0 Å². The van der Waals surface area contributed by atoms with Crippen molar-refractivity contribution in [3.8, 4) is 11.5 Å². The van der Waals surface area contributed by atoms with E-state index in [-0.39, 0.29) is 5.04 Å². The van der Waals surface area contributed by atoms with Crippen LogP contribution in [-0.4, -0.2) is 16.4 Å². The monoisotopic (exact) mass is 280 g/mol. The lowest BCUT2D eigenvalue weighted by Crippen LogP contribution is -2.41. The first-order valence-electron chi connectivity index (χ1n) is 6.87. The third-order valence-corrected chi connectivity index (χ3v) is 8.96. The second-order valence-electron chi connectivity index (χ2n) is 7.76. The zero-order valence-corrected chi connectivity index (χ0v) is 15.3. The van der Waals surface area contributed by atoms with Crippen LogP contribution in [0.2, 0.25) is 37.8 Å². The highest BCUT2D eigenvalue weighted by Gasteiger charge is 2.40. The molecule has 0 amide bonds. The lowest BCUT2D eigenvalue weighted by Gasteiger charge is -2.39. The van der Waals surface area contributed by atoms with Crippen LogP contribution in [0.15, 0.2) is 11.3 Å². The SMILES string of the molecule is CC(C)(C)[Si](C)(C)OC1=C(C#C[Si](C)(C)C)CC1. The van der Waals surface area contributed by atoms with Gasteiger partial charge in [0.2, 0.25) is 8.32 Å². The molecule has 1 aliphatic rings. The Hall–Kier alpha value is -0.466. The Bertz CT molecular complexity index is 408. The fraction of sp³-hybridized carbons (Fsp3) is 0.733. The number of allylic oxidation sites excluding steroid dienone is 2. The van der Waals surface area contributed by atoms with Gasteiger partial charge in [-0.3, -0.25) is 0 Å². The van der Waals surface area contributed by atoms with Crippen molar-refractivity contribution in [1.82, 2.24) is 0 Å². The fourth-order valence-electron chi connectivity index (χ4n) is 1.32. The summed E-state index contributed by atoms with van der Waals surface area (Å²) in [5.74, 6) is 4.56. The van der Waals surface area contributed by atoms with Crippen LogP contribution >= 0.6 is 0 Å². The molecule has 0 atom stereocenters. The minimum absolute atomic E-state index is 0.271. The minimum Gasteiger partial charge on any atom is -0.546 e. The van der Waals surface area contributed by atoms with E-state index in [0.29, 0.717) is 0 Å². The molecule has 1 nitrogen and oxygen atoms in total. The van der Waals surface area contributed by atoms with Crippen molar-refractivity contribution in [2.45, 2.75) is 71.4 Å². The first kappa shape index (κ1) is 15.6. The molecule has 0 unspecified atom stereocenters. The summed E-state index contributed by atoms with van der Waals surface area (Å²) >= 11 is 0. The highest BCUT2D eigenvalue weighted by molar-refractivity contribution is 6.83. The van der Waals surface area contributed by atoms with Gasteiger partial charge in [-0.15, -0.1) is 5.54 Å². The maximum atomic E-state index is 6.35. The second-order valence-corrected chi connectivity index (χ2v) is 17.2. The normalized spacial score (nSPS) is 16.9. The molecule has 0 aromatic heterocycles. The summed E-state index contributed by atoms with van der Waals surface area (Å²) < 4.78 is 6.35. The summed E-state index contributed by atoms with van der Waals surface area (Å²) in [5.41, 5.74) is 4.71. The molecule has 1 aliphatic carbocycles. The van der Waals surface area contributed by atoms with Crippen LogP contribution in [0.1, 0.15) is 33.6 Å². The van der Waals surface area contributed by atoms with E-state index < -0.39 is 16.4 Å². The molecule has 0 aromatic carbocycles. The third kappa shape index (κ3) is 4.03. The first-order chi connectivity index (χ1) is 7.92. The van der Waals surface area contributed by atoms with E-state index in [1.807, 2.05) is 0 Å². The van der Waals surface area contributed by atoms with E-state index in [1.54, 1.807) is 0 Å². The standard InChI is InChI=1S/C15H28OSi2/c1-15(2,3)18(7,8)16-14-10-9-13(14)11-12-17(4,5)6/h9-10H2,1-8H3. The van der Waals surface area contributed by atoms with Crippen molar-refractivity contribution < 1.29 is 4.43 Å². The van der Waals surface area contributed by atoms with Gasteiger partial charge < -0.3 is 4.43 Å². The van der Waals surface area contributed by atoms with Crippen molar-refractivity contribution in [1.29, 1.82) is 0 Å². The van der Waals surface area contributed by atoms with E-state index in [2.05, 4.69) is 65.0 Å². The average molecular weight is 281 g/mol. The summed E-state index contributed by atoms with van der Waals surface area (Å²) in [4.78, 5) is 0. The predicted molar refractivity (Wildman–Crippen MR) is 85.7 cm³/mol. The molecule has 0 heterocycles. The Morgan fingerprint density at radius 2 is 1.56 bits per heavy atom. The van der Waals surface area contributed by atoms with Gasteiger partial charge in [-0.2, -0.15) is 0 Å². The second kappa shape index (κ2) is 4.90. The average Bonchev–Trinajstić information content (AvgIpc) is 2.09. The van der Waals surface area contributed by atoms with Gasteiger partial charge in [-0.25, -0.2) is 0 Å². The summed E-state index contributed by atoms with van der Waals surface area (Å²) in [6.07, 6.45) is 2.20. The van der Waals surface area contributed by atoms with Crippen LogP contribution in [0.4, 0.5) is 0 Å². The van der Waals surface area contributed by atoms with Crippen LogP contribution in [0, 0.1) is 11.5 Å². The molecule has 0 aliphatic heterocycles. The number of rotatable bonds is 2. The fourth-order valence-corrected chi connectivity index (χ4v) is 2.99. The molecule has 0 spiro atoms. The highest BCUT2D eigenvalue weighted by Crippen LogP contribution is 2.41. The van der Waals surface area contributed by atoms with Crippen molar-refractivity contribution >= 4 is 16.4 Å². The molecule has 0 fully saturated rings. The zero-order valence-electron chi connectivity index (χ0n) is 13.3. The van der Waals surface area contributed by atoms with Gasteiger partial charge in [0.25, 0.3) is 0 Å². The van der Waals surface area contributed by atoms with Crippen LogP contribution in [-0.2, 0) is 4.43 Å². The first-order valence-corrected chi connectivity index (χ1v) is 13.3. The number of hydrogen-bond donors (Lipinski definition) is 0. The summed E-state index contributed by atoms with van der Waals surface area (Å²) in [6.45, 7) is 18.3. The van der Waals surface area contributed by atoms with Crippen molar-refractivity contribution in [3.05, 3.63) is 11.3 Å². The Kier molecular flexibility index (Phi) is 4.24. The maximum Gasteiger partial charge on any atom is 0.250 e. The lowest BCUT2D eigenvalue weighted by atomic mass is 9.97. The Balaban J connectivity index is 2.83. The van der Waals surface area contributed by atoms with E-state index in [1.165, 1.54) is 11.3 Å². The van der Waals surface area contributed by atoms with E-state index in [4.69, 9.17) is 4.43 Å².